The highest BCUT2D eigenvalue weighted by molar-refractivity contribution is 7.99. The number of methoxy groups -OCH3 is 1. The first kappa shape index (κ1) is 13.7. The zero-order valence-electron chi connectivity index (χ0n) is 9.62. The fourth-order valence-corrected chi connectivity index (χ4v) is 2.08. The third kappa shape index (κ3) is 4.20. The highest BCUT2D eigenvalue weighted by atomic mass is 32.2. The molecule has 0 fully saturated rings. The van der Waals surface area contributed by atoms with Crippen molar-refractivity contribution >= 4 is 17.7 Å². The maximum absolute atomic E-state index is 11.2. The molecule has 0 saturated heterocycles. The second-order valence-electron chi connectivity index (χ2n) is 3.44. The third-order valence-corrected chi connectivity index (χ3v) is 2.96. The van der Waals surface area contributed by atoms with Crippen LogP contribution in [0.2, 0.25) is 0 Å². The number of rotatable bonds is 6. The van der Waals surface area contributed by atoms with E-state index in [0.29, 0.717) is 11.8 Å². The predicted molar refractivity (Wildman–Crippen MR) is 63.4 cm³/mol. The van der Waals surface area contributed by atoms with E-state index in [2.05, 4.69) is 4.98 Å². The Morgan fingerprint density at radius 3 is 3.00 bits per heavy atom. The van der Waals surface area contributed by atoms with Crippen molar-refractivity contribution < 1.29 is 14.6 Å². The first-order chi connectivity index (χ1) is 8.04. The molecule has 7 heteroatoms. The summed E-state index contributed by atoms with van der Waals surface area (Å²) < 4.78 is 6.75. The van der Waals surface area contributed by atoms with Crippen LogP contribution < -0.4 is 5.56 Å². The third-order valence-electron chi connectivity index (χ3n) is 2.01. The quantitative estimate of drug-likeness (QED) is 0.595. The van der Waals surface area contributed by atoms with Crippen LogP contribution in [-0.4, -0.2) is 40.1 Å². The summed E-state index contributed by atoms with van der Waals surface area (Å²) in [5, 5.41) is 9.01. The molecule has 0 radical (unpaired) electrons. The molecule has 0 aliphatic carbocycles. The number of hydrogen-bond donors (Lipinski definition) is 1. The maximum atomic E-state index is 11.2. The molecule has 1 unspecified atom stereocenters. The van der Waals surface area contributed by atoms with Crippen LogP contribution in [0.5, 0.6) is 0 Å². The molecule has 0 spiro atoms. The Balaban J connectivity index is 2.94. The summed E-state index contributed by atoms with van der Waals surface area (Å²) in [4.78, 5) is 25.5. The van der Waals surface area contributed by atoms with Gasteiger partial charge in [0.25, 0.3) is 5.56 Å². The van der Waals surface area contributed by atoms with E-state index in [9.17, 15) is 9.59 Å². The van der Waals surface area contributed by atoms with Gasteiger partial charge in [0.15, 0.2) is 5.16 Å². The molecule has 1 N–H and O–H groups in total. The number of aromatic nitrogens is 2. The van der Waals surface area contributed by atoms with Crippen LogP contribution in [0, 0.1) is 0 Å². The molecule has 0 amide bonds. The van der Waals surface area contributed by atoms with Crippen molar-refractivity contribution in [3.05, 3.63) is 22.6 Å². The van der Waals surface area contributed by atoms with Crippen LogP contribution in [0.3, 0.4) is 0 Å². The number of thioether (sulfide) groups is 1. The van der Waals surface area contributed by atoms with Crippen LogP contribution in [0.15, 0.2) is 22.2 Å². The van der Waals surface area contributed by atoms with Crippen molar-refractivity contribution in [1.29, 1.82) is 0 Å². The molecule has 1 heterocycles. The standard InChI is InChI=1S/C10H14N2O4S/c1-7(5-16-2)12-4-3-8(13)11-10(12)17-6-9(14)15/h3-4,7H,5-6H2,1-2H3,(H,14,15). The van der Waals surface area contributed by atoms with Crippen LogP contribution in [0.4, 0.5) is 0 Å². The number of carboxylic acids is 1. The average Bonchev–Trinajstić information content (AvgIpc) is 2.26. The predicted octanol–water partition coefficient (Wildman–Crippen LogP) is 0.627. The van der Waals surface area contributed by atoms with E-state index in [1.807, 2.05) is 6.92 Å². The summed E-state index contributed by atoms with van der Waals surface area (Å²) in [6.45, 7) is 2.37. The molecule has 0 saturated carbocycles. The van der Waals surface area contributed by atoms with E-state index < -0.39 is 5.97 Å². The average molecular weight is 258 g/mol. The van der Waals surface area contributed by atoms with Crippen molar-refractivity contribution in [3.63, 3.8) is 0 Å². The summed E-state index contributed by atoms with van der Waals surface area (Å²) in [5.74, 6) is -1.07. The van der Waals surface area contributed by atoms with Crippen molar-refractivity contribution in [1.82, 2.24) is 9.55 Å². The van der Waals surface area contributed by atoms with Gasteiger partial charge in [0, 0.05) is 19.4 Å². The highest BCUT2D eigenvalue weighted by Gasteiger charge is 2.11. The summed E-state index contributed by atoms with van der Waals surface area (Å²) in [7, 11) is 1.58. The van der Waals surface area contributed by atoms with E-state index in [4.69, 9.17) is 9.84 Å². The van der Waals surface area contributed by atoms with Crippen LogP contribution in [0.25, 0.3) is 0 Å². The number of hydrogen-bond acceptors (Lipinski definition) is 5. The summed E-state index contributed by atoms with van der Waals surface area (Å²) >= 11 is 1.02. The SMILES string of the molecule is COCC(C)n1ccc(=O)nc1SCC(=O)O. The molecule has 0 bridgehead atoms. The second-order valence-corrected chi connectivity index (χ2v) is 4.38. The largest absolute Gasteiger partial charge is 0.481 e. The van der Waals surface area contributed by atoms with Crippen molar-refractivity contribution in [2.75, 3.05) is 19.5 Å². The smallest absolute Gasteiger partial charge is 0.313 e. The van der Waals surface area contributed by atoms with Gasteiger partial charge in [-0.1, -0.05) is 11.8 Å². The van der Waals surface area contributed by atoms with Gasteiger partial charge in [-0.05, 0) is 6.92 Å². The van der Waals surface area contributed by atoms with Gasteiger partial charge in [-0.3, -0.25) is 9.59 Å². The molecule has 1 aromatic heterocycles. The second kappa shape index (κ2) is 6.41. The lowest BCUT2D eigenvalue weighted by molar-refractivity contribution is -0.133. The van der Waals surface area contributed by atoms with Crippen LogP contribution in [0.1, 0.15) is 13.0 Å². The van der Waals surface area contributed by atoms with E-state index in [1.165, 1.54) is 6.07 Å². The van der Waals surface area contributed by atoms with Gasteiger partial charge in [0.2, 0.25) is 0 Å². The molecular formula is C10H14N2O4S. The molecule has 1 rings (SSSR count). The molecule has 1 atom stereocenters. The number of ether oxygens (including phenoxy) is 1. The van der Waals surface area contributed by atoms with Crippen molar-refractivity contribution in [2.24, 2.45) is 0 Å². The number of carbonyl (C=O) groups is 1. The van der Waals surface area contributed by atoms with Gasteiger partial charge in [0.1, 0.15) is 0 Å². The van der Waals surface area contributed by atoms with Crippen LogP contribution in [-0.2, 0) is 9.53 Å². The van der Waals surface area contributed by atoms with Gasteiger partial charge >= 0.3 is 5.97 Å². The van der Waals surface area contributed by atoms with Crippen molar-refractivity contribution in [3.8, 4) is 0 Å². The maximum Gasteiger partial charge on any atom is 0.313 e. The van der Waals surface area contributed by atoms with Gasteiger partial charge in [0.05, 0.1) is 18.4 Å². The summed E-state index contributed by atoms with van der Waals surface area (Å²) in [6.07, 6.45) is 1.60. The Hall–Kier alpha value is -1.34. The van der Waals surface area contributed by atoms with Gasteiger partial charge in [-0.25, -0.2) is 0 Å². The van der Waals surface area contributed by atoms with Crippen molar-refractivity contribution in [2.45, 2.75) is 18.1 Å². The van der Waals surface area contributed by atoms with E-state index in [0.717, 1.165) is 11.8 Å². The minimum atomic E-state index is -0.945. The normalized spacial score (nSPS) is 12.4. The Labute approximate surface area is 103 Å². The van der Waals surface area contributed by atoms with Gasteiger partial charge in [-0.2, -0.15) is 4.98 Å². The highest BCUT2D eigenvalue weighted by Crippen LogP contribution is 2.18. The summed E-state index contributed by atoms with van der Waals surface area (Å²) in [5.41, 5.74) is -0.376. The molecule has 0 aliphatic heterocycles. The number of aliphatic carboxylic acids is 1. The van der Waals surface area contributed by atoms with E-state index >= 15 is 0 Å². The molecular weight excluding hydrogens is 244 g/mol. The summed E-state index contributed by atoms with van der Waals surface area (Å²) in [6, 6.07) is 1.33. The fraction of sp³-hybridized carbons (Fsp3) is 0.500. The Bertz CT molecular complexity index is 446. The van der Waals surface area contributed by atoms with Gasteiger partial charge < -0.3 is 14.4 Å². The lowest BCUT2D eigenvalue weighted by Crippen LogP contribution is -2.19. The molecule has 1 aromatic rings. The lowest BCUT2D eigenvalue weighted by atomic mass is 10.3. The van der Waals surface area contributed by atoms with E-state index in [1.54, 1.807) is 17.9 Å². The molecule has 6 nitrogen and oxygen atoms in total. The first-order valence-corrected chi connectivity index (χ1v) is 5.96. The monoisotopic (exact) mass is 258 g/mol. The number of carboxylic acid groups (broad SMARTS) is 1. The lowest BCUT2D eigenvalue weighted by Gasteiger charge is -2.17. The fourth-order valence-electron chi connectivity index (χ4n) is 1.29. The Morgan fingerprint density at radius 1 is 1.71 bits per heavy atom. The molecule has 17 heavy (non-hydrogen) atoms. The van der Waals surface area contributed by atoms with Crippen LogP contribution >= 0.6 is 11.8 Å². The van der Waals surface area contributed by atoms with Gasteiger partial charge in [-0.15, -0.1) is 0 Å². The Morgan fingerprint density at radius 2 is 2.41 bits per heavy atom. The zero-order valence-corrected chi connectivity index (χ0v) is 10.4. The number of nitrogens with zero attached hydrogens (tertiary/aromatic N) is 2. The zero-order chi connectivity index (χ0) is 12.8. The Kier molecular flexibility index (Phi) is 5.17. The molecule has 94 valence electrons. The first-order valence-electron chi connectivity index (χ1n) is 4.97. The molecule has 0 aromatic carbocycles. The molecule has 0 aliphatic rings. The minimum absolute atomic E-state index is 0.00982. The topological polar surface area (TPSA) is 81.4 Å². The minimum Gasteiger partial charge on any atom is -0.481 e. The van der Waals surface area contributed by atoms with E-state index in [-0.39, 0.29) is 17.4 Å².